The summed E-state index contributed by atoms with van der Waals surface area (Å²) in [5, 5.41) is 72.3. The Kier molecular flexibility index (Phi) is 42.3. The highest BCUT2D eigenvalue weighted by atomic mass is 16.7. The monoisotopic (exact) mass is 1040 g/mol. The van der Waals surface area contributed by atoms with Crippen LogP contribution >= 0.6 is 0 Å². The molecule has 0 aromatic carbocycles. The van der Waals surface area contributed by atoms with Crippen molar-refractivity contribution in [1.29, 1.82) is 0 Å². The van der Waals surface area contributed by atoms with Crippen molar-refractivity contribution in [3.05, 3.63) is 48.6 Å². The summed E-state index contributed by atoms with van der Waals surface area (Å²) in [6.07, 6.45) is 38.9. The Morgan fingerprint density at radius 1 is 0.466 bits per heavy atom. The van der Waals surface area contributed by atoms with Crippen LogP contribution < -0.4 is 0 Å². The van der Waals surface area contributed by atoms with Crippen LogP contribution in [-0.2, 0) is 33.2 Å². The van der Waals surface area contributed by atoms with Gasteiger partial charge in [0.2, 0.25) is 0 Å². The predicted octanol–water partition coefficient (Wildman–Crippen LogP) is 10.3. The molecule has 0 aromatic rings. The Labute approximate surface area is 442 Å². The first-order chi connectivity index (χ1) is 35.6. The molecule has 2 saturated heterocycles. The first kappa shape index (κ1) is 67.1. The Balaban J connectivity index is 1.72. The zero-order valence-electron chi connectivity index (χ0n) is 45.6. The quantitative estimate of drug-likeness (QED) is 0.0172. The predicted molar refractivity (Wildman–Crippen MR) is 289 cm³/mol. The summed E-state index contributed by atoms with van der Waals surface area (Å²) >= 11 is 0. The van der Waals surface area contributed by atoms with Gasteiger partial charge in [-0.05, 0) is 51.4 Å². The molecule has 0 radical (unpaired) electrons. The van der Waals surface area contributed by atoms with E-state index in [1.54, 1.807) is 0 Å². The van der Waals surface area contributed by atoms with Crippen LogP contribution in [0.1, 0.15) is 219 Å². The summed E-state index contributed by atoms with van der Waals surface area (Å²) in [5.41, 5.74) is 0. The van der Waals surface area contributed by atoms with Crippen LogP contribution in [0.15, 0.2) is 48.6 Å². The van der Waals surface area contributed by atoms with E-state index in [1.165, 1.54) is 109 Å². The molecule has 2 aliphatic rings. The van der Waals surface area contributed by atoms with Gasteiger partial charge >= 0.3 is 5.97 Å². The zero-order chi connectivity index (χ0) is 53.0. The third kappa shape index (κ3) is 33.0. The molecule has 0 aliphatic carbocycles. The molecule has 0 amide bonds. The lowest BCUT2D eigenvalue weighted by Gasteiger charge is -2.42. The molecule has 0 aromatic heterocycles. The van der Waals surface area contributed by atoms with Gasteiger partial charge in [-0.1, -0.05) is 210 Å². The number of hydrogen-bond acceptors (Lipinski definition) is 14. The highest BCUT2D eigenvalue weighted by Gasteiger charge is 2.47. The molecular weight excluding hydrogens is 933 g/mol. The van der Waals surface area contributed by atoms with Crippen molar-refractivity contribution < 1.29 is 69.0 Å². The summed E-state index contributed by atoms with van der Waals surface area (Å²) in [6.45, 7) is 3.56. The first-order valence-corrected chi connectivity index (χ1v) is 29.2. The van der Waals surface area contributed by atoms with Crippen LogP contribution in [0.4, 0.5) is 0 Å². The summed E-state index contributed by atoms with van der Waals surface area (Å²) in [6, 6.07) is 0. The van der Waals surface area contributed by atoms with E-state index >= 15 is 0 Å². The van der Waals surface area contributed by atoms with Gasteiger partial charge < -0.3 is 64.2 Å². The largest absolute Gasteiger partial charge is 0.457 e. The van der Waals surface area contributed by atoms with E-state index < -0.39 is 80.7 Å². The van der Waals surface area contributed by atoms with Crippen molar-refractivity contribution in [2.24, 2.45) is 0 Å². The second-order valence-corrected chi connectivity index (χ2v) is 20.4. The number of unbranched alkanes of at least 4 members (excludes halogenated alkanes) is 25. The average molecular weight is 1040 g/mol. The number of carbonyl (C=O) groups excluding carboxylic acids is 1. The zero-order valence-corrected chi connectivity index (χ0v) is 45.6. The van der Waals surface area contributed by atoms with Gasteiger partial charge in [0.25, 0.3) is 0 Å². The van der Waals surface area contributed by atoms with E-state index in [2.05, 4.69) is 62.5 Å². The minimum Gasteiger partial charge on any atom is -0.457 e. The lowest BCUT2D eigenvalue weighted by atomic mass is 9.98. The highest BCUT2D eigenvalue weighted by Crippen LogP contribution is 2.27. The Morgan fingerprint density at radius 2 is 0.890 bits per heavy atom. The van der Waals surface area contributed by atoms with Crippen molar-refractivity contribution in [2.45, 2.75) is 287 Å². The molecule has 73 heavy (non-hydrogen) atoms. The van der Waals surface area contributed by atoms with Gasteiger partial charge in [-0.15, -0.1) is 0 Å². The lowest BCUT2D eigenvalue weighted by molar-refractivity contribution is -0.332. The van der Waals surface area contributed by atoms with Crippen molar-refractivity contribution in [1.82, 2.24) is 0 Å². The molecule has 0 saturated carbocycles. The van der Waals surface area contributed by atoms with Crippen LogP contribution in [0, 0.1) is 0 Å². The standard InChI is InChI=1S/C59H106O14/c1-3-5-7-9-11-13-15-17-19-21-23-24-25-26-28-30-32-34-36-38-40-42-51(61)71-48(45-68-43-41-39-37-35-33-31-29-27-22-20-18-16-14-12-10-8-6-4-2)46-69-58-57(67)55(65)53(63)50(73-58)47-70-59-56(66)54(64)52(62)49(44-60)72-59/h6,8,12,14,18,20,27,29,48-50,52-60,62-67H,3-5,7,9-11,13,15-17,19,21-26,28,30-47H2,1-2H3/b8-6-,14-12-,20-18-,29-27-. The summed E-state index contributed by atoms with van der Waals surface area (Å²) in [7, 11) is 0. The van der Waals surface area contributed by atoms with E-state index in [0.29, 0.717) is 13.0 Å². The molecule has 14 heteroatoms. The molecule has 426 valence electrons. The van der Waals surface area contributed by atoms with E-state index in [1.807, 2.05) is 0 Å². The minimum absolute atomic E-state index is 0.0501. The Hall–Kier alpha value is -2.05. The Morgan fingerprint density at radius 3 is 1.40 bits per heavy atom. The maximum atomic E-state index is 13.1. The molecule has 2 aliphatic heterocycles. The average Bonchev–Trinajstić information content (AvgIpc) is 3.39. The maximum absolute atomic E-state index is 13.1. The van der Waals surface area contributed by atoms with Gasteiger partial charge in [-0.2, -0.15) is 0 Å². The fourth-order valence-electron chi connectivity index (χ4n) is 9.16. The third-order valence-electron chi connectivity index (χ3n) is 13.9. The third-order valence-corrected chi connectivity index (χ3v) is 13.9. The van der Waals surface area contributed by atoms with Gasteiger partial charge in [0.15, 0.2) is 12.6 Å². The summed E-state index contributed by atoms with van der Waals surface area (Å²) in [4.78, 5) is 13.1. The van der Waals surface area contributed by atoms with Crippen molar-refractivity contribution in [3.8, 4) is 0 Å². The number of allylic oxidation sites excluding steroid dienone is 8. The molecule has 14 nitrogen and oxygen atoms in total. The topological polar surface area (TPSA) is 214 Å². The van der Waals surface area contributed by atoms with E-state index in [4.69, 9.17) is 28.4 Å². The van der Waals surface area contributed by atoms with Gasteiger partial charge in [0.05, 0.1) is 26.4 Å². The highest BCUT2D eigenvalue weighted by molar-refractivity contribution is 5.69. The van der Waals surface area contributed by atoms with Crippen LogP contribution in [0.3, 0.4) is 0 Å². The van der Waals surface area contributed by atoms with Gasteiger partial charge in [-0.25, -0.2) is 0 Å². The van der Waals surface area contributed by atoms with E-state index in [-0.39, 0.29) is 25.6 Å². The molecule has 2 rings (SSSR count). The molecule has 2 fully saturated rings. The molecule has 0 spiro atoms. The summed E-state index contributed by atoms with van der Waals surface area (Å²) in [5.74, 6) is -0.380. The molecular formula is C59H106O14. The van der Waals surface area contributed by atoms with Gasteiger partial charge in [0, 0.05) is 13.0 Å². The van der Waals surface area contributed by atoms with Gasteiger partial charge in [-0.3, -0.25) is 4.79 Å². The molecule has 11 atom stereocenters. The lowest BCUT2D eigenvalue weighted by Crippen LogP contribution is -2.61. The maximum Gasteiger partial charge on any atom is 0.306 e. The van der Waals surface area contributed by atoms with Crippen LogP contribution in [0.5, 0.6) is 0 Å². The SMILES string of the molecule is CC/C=C\C/C=C\C/C=C\C/C=C\CCCCCCCOCC(COC1OC(COC2OC(CO)C(O)C(O)C2O)C(O)C(O)C1O)OC(=O)CCCCCCCCCCCCCCCCCCCCCCC. The fourth-order valence-corrected chi connectivity index (χ4v) is 9.16. The van der Waals surface area contributed by atoms with Crippen molar-refractivity contribution in [2.75, 3.05) is 33.0 Å². The number of hydrogen-bond donors (Lipinski definition) is 7. The summed E-state index contributed by atoms with van der Waals surface area (Å²) < 4.78 is 34.4. The van der Waals surface area contributed by atoms with Crippen LogP contribution in [-0.4, -0.2) is 142 Å². The van der Waals surface area contributed by atoms with Gasteiger partial charge in [0.1, 0.15) is 54.9 Å². The van der Waals surface area contributed by atoms with E-state index in [0.717, 1.165) is 83.5 Å². The van der Waals surface area contributed by atoms with Crippen LogP contribution in [0.25, 0.3) is 0 Å². The number of rotatable bonds is 47. The number of esters is 1. The smallest absolute Gasteiger partial charge is 0.306 e. The van der Waals surface area contributed by atoms with E-state index in [9.17, 15) is 40.5 Å². The second kappa shape index (κ2) is 46.1. The fraction of sp³-hybridized carbons (Fsp3) is 0.847. The first-order valence-electron chi connectivity index (χ1n) is 29.2. The number of aliphatic hydroxyl groups is 7. The number of carbonyl (C=O) groups is 1. The minimum atomic E-state index is -1.71. The van der Waals surface area contributed by atoms with Crippen molar-refractivity contribution >= 4 is 5.97 Å². The van der Waals surface area contributed by atoms with Crippen molar-refractivity contribution in [3.63, 3.8) is 0 Å². The normalized spacial score (nSPS) is 25.3. The molecule has 7 N–H and O–H groups in total. The number of aliphatic hydroxyl groups excluding tert-OH is 7. The molecule has 11 unspecified atom stereocenters. The Bertz CT molecular complexity index is 1390. The molecule has 2 heterocycles. The second-order valence-electron chi connectivity index (χ2n) is 20.4. The number of ether oxygens (including phenoxy) is 6. The molecule has 0 bridgehead atoms. The van der Waals surface area contributed by atoms with Crippen LogP contribution in [0.2, 0.25) is 0 Å².